The Morgan fingerprint density at radius 1 is 1.28 bits per heavy atom. The van der Waals surface area contributed by atoms with Gasteiger partial charge < -0.3 is 4.74 Å². The van der Waals surface area contributed by atoms with E-state index in [0.29, 0.717) is 21.1 Å². The molecule has 1 N–H and O–H groups in total. The maximum atomic E-state index is 12.0. The number of thiazole rings is 1. The number of nitrogens with zero attached hydrogens (tertiary/aromatic N) is 2. The molecule has 0 bridgehead atoms. The monoisotopic (exact) mass is 485 g/mol. The molecule has 3 aromatic rings. The summed E-state index contributed by atoms with van der Waals surface area (Å²) in [6.07, 6.45) is 0. The molecule has 0 saturated carbocycles. The Bertz CT molecular complexity index is 977. The van der Waals surface area contributed by atoms with Crippen molar-refractivity contribution in [3.05, 3.63) is 55.5 Å². The number of non-ortho nitro benzene ring substituents is 1. The third kappa shape index (κ3) is 4.33. The average molecular weight is 487 g/mol. The highest BCUT2D eigenvalue weighted by atomic mass is 79.9. The second-order valence-electron chi connectivity index (χ2n) is 4.84. The maximum Gasteiger partial charge on any atom is 0.270 e. The minimum Gasteiger partial charge on any atom is -0.483 e. The van der Waals surface area contributed by atoms with Crippen LogP contribution in [0, 0.1) is 10.1 Å². The van der Waals surface area contributed by atoms with Crippen molar-refractivity contribution in [1.82, 2.24) is 4.98 Å². The summed E-state index contributed by atoms with van der Waals surface area (Å²) in [4.78, 5) is 26.6. The highest BCUT2D eigenvalue weighted by molar-refractivity contribution is 9.11. The average Bonchev–Trinajstić information content (AvgIpc) is 2.95. The van der Waals surface area contributed by atoms with Crippen LogP contribution >= 0.6 is 43.2 Å². The zero-order chi connectivity index (χ0) is 18.0. The first-order valence-corrected chi connectivity index (χ1v) is 9.25. The highest BCUT2D eigenvalue weighted by Crippen LogP contribution is 2.30. The molecule has 0 aliphatic carbocycles. The zero-order valence-electron chi connectivity index (χ0n) is 12.4. The third-order valence-corrected chi connectivity index (χ3v) is 5.13. The fourth-order valence-corrected chi connectivity index (χ4v) is 4.05. The van der Waals surface area contributed by atoms with Crippen molar-refractivity contribution in [2.24, 2.45) is 0 Å². The molecule has 0 radical (unpaired) electrons. The van der Waals surface area contributed by atoms with E-state index < -0.39 is 4.92 Å². The van der Waals surface area contributed by atoms with Crippen molar-refractivity contribution in [3.63, 3.8) is 0 Å². The van der Waals surface area contributed by atoms with E-state index in [1.54, 1.807) is 18.2 Å². The van der Waals surface area contributed by atoms with Crippen molar-refractivity contribution in [2.75, 3.05) is 11.9 Å². The molecule has 7 nitrogen and oxygen atoms in total. The van der Waals surface area contributed by atoms with Gasteiger partial charge in [0.15, 0.2) is 11.7 Å². The first-order valence-electron chi connectivity index (χ1n) is 6.85. The number of nitro groups is 1. The minimum absolute atomic E-state index is 0.0163. The molecule has 1 heterocycles. The molecule has 0 spiro atoms. The molecular formula is C15H9Br2N3O4S. The number of ether oxygens (including phenoxy) is 1. The number of nitrogens with one attached hydrogen (secondary N) is 1. The van der Waals surface area contributed by atoms with Crippen LogP contribution in [0.1, 0.15) is 0 Å². The number of anilines is 1. The van der Waals surface area contributed by atoms with Gasteiger partial charge in [0.2, 0.25) is 0 Å². The number of nitro benzene ring substituents is 1. The minimum atomic E-state index is -0.471. The van der Waals surface area contributed by atoms with Crippen molar-refractivity contribution >= 4 is 70.1 Å². The van der Waals surface area contributed by atoms with Gasteiger partial charge in [-0.1, -0.05) is 27.3 Å². The van der Waals surface area contributed by atoms with E-state index in [1.165, 1.54) is 23.5 Å². The molecule has 0 saturated heterocycles. The largest absolute Gasteiger partial charge is 0.483 e. The van der Waals surface area contributed by atoms with E-state index in [4.69, 9.17) is 4.74 Å². The first kappa shape index (κ1) is 17.8. The normalized spacial score (nSPS) is 10.6. The third-order valence-electron chi connectivity index (χ3n) is 3.08. The summed E-state index contributed by atoms with van der Waals surface area (Å²) in [5, 5.41) is 13.8. The van der Waals surface area contributed by atoms with Crippen LogP contribution in [0.25, 0.3) is 10.2 Å². The number of carbonyl (C=O) groups is 1. The van der Waals surface area contributed by atoms with Crippen LogP contribution in [0.2, 0.25) is 0 Å². The van der Waals surface area contributed by atoms with Gasteiger partial charge in [-0.3, -0.25) is 20.2 Å². The van der Waals surface area contributed by atoms with Gasteiger partial charge in [0.05, 0.1) is 19.6 Å². The summed E-state index contributed by atoms with van der Waals surface area (Å²) in [5.41, 5.74) is 0.569. The molecule has 0 aliphatic heterocycles. The zero-order valence-corrected chi connectivity index (χ0v) is 16.4. The van der Waals surface area contributed by atoms with Crippen molar-refractivity contribution in [1.29, 1.82) is 0 Å². The fraction of sp³-hybridized carbons (Fsp3) is 0.0667. The van der Waals surface area contributed by atoms with Crippen LogP contribution in [0.5, 0.6) is 5.75 Å². The first-order chi connectivity index (χ1) is 11.9. The second-order valence-corrected chi connectivity index (χ2v) is 7.64. The van der Waals surface area contributed by atoms with E-state index in [0.717, 1.165) is 8.95 Å². The molecule has 2 aromatic carbocycles. The predicted octanol–water partition coefficient (Wildman–Crippen LogP) is 4.75. The molecule has 0 aliphatic rings. The van der Waals surface area contributed by atoms with Gasteiger partial charge in [-0.15, -0.1) is 0 Å². The number of benzene rings is 2. The molecule has 0 unspecified atom stereocenters. The molecule has 0 fully saturated rings. The van der Waals surface area contributed by atoms with Gasteiger partial charge in [-0.25, -0.2) is 4.98 Å². The van der Waals surface area contributed by atoms with Crippen LogP contribution in [0.3, 0.4) is 0 Å². The number of hydrogen-bond acceptors (Lipinski definition) is 6. The van der Waals surface area contributed by atoms with E-state index in [2.05, 4.69) is 42.2 Å². The highest BCUT2D eigenvalue weighted by Gasteiger charge is 2.13. The van der Waals surface area contributed by atoms with Gasteiger partial charge in [-0.05, 0) is 40.2 Å². The molecule has 25 heavy (non-hydrogen) atoms. The summed E-state index contributed by atoms with van der Waals surface area (Å²) < 4.78 is 7.70. The molecule has 0 atom stereocenters. The summed E-state index contributed by atoms with van der Waals surface area (Å²) in [6, 6.07) is 9.71. The Balaban J connectivity index is 1.66. The summed E-state index contributed by atoms with van der Waals surface area (Å²) in [5.74, 6) is 0.168. The van der Waals surface area contributed by atoms with Gasteiger partial charge in [0.1, 0.15) is 5.75 Å². The molecule has 128 valence electrons. The van der Waals surface area contributed by atoms with Crippen LogP contribution < -0.4 is 10.1 Å². The van der Waals surface area contributed by atoms with Gasteiger partial charge in [0, 0.05) is 16.6 Å². The molecule has 3 rings (SSSR count). The number of rotatable bonds is 5. The molecule has 1 aromatic heterocycles. The maximum absolute atomic E-state index is 12.0. The van der Waals surface area contributed by atoms with Crippen LogP contribution in [-0.2, 0) is 4.79 Å². The lowest BCUT2D eigenvalue weighted by molar-refractivity contribution is -0.384. The standard InChI is InChI=1S/C15H9Br2N3O4S/c16-8-1-4-12(10(17)5-8)24-7-14(21)19-15-18-11-3-2-9(20(22)23)6-13(11)25-15/h1-6H,7H2,(H,18,19,21). The van der Waals surface area contributed by atoms with Crippen molar-refractivity contribution in [2.45, 2.75) is 0 Å². The van der Waals surface area contributed by atoms with Crippen molar-refractivity contribution < 1.29 is 14.5 Å². The predicted molar refractivity (Wildman–Crippen MR) is 102 cm³/mol. The van der Waals surface area contributed by atoms with Crippen LogP contribution in [-0.4, -0.2) is 22.4 Å². The van der Waals surface area contributed by atoms with E-state index >= 15 is 0 Å². The number of aromatic nitrogens is 1. The number of carbonyl (C=O) groups excluding carboxylic acids is 1. The smallest absolute Gasteiger partial charge is 0.270 e. The Hall–Kier alpha value is -2.04. The fourth-order valence-electron chi connectivity index (χ4n) is 1.97. The van der Waals surface area contributed by atoms with Crippen molar-refractivity contribution in [3.8, 4) is 5.75 Å². The Kier molecular flexibility index (Phi) is 5.30. The van der Waals surface area contributed by atoms with Gasteiger partial charge in [-0.2, -0.15) is 0 Å². The Morgan fingerprint density at radius 2 is 2.08 bits per heavy atom. The molecule has 1 amide bonds. The number of hydrogen-bond donors (Lipinski definition) is 1. The SMILES string of the molecule is O=C(COc1ccc(Br)cc1Br)Nc1nc2ccc([N+](=O)[O-])cc2s1. The van der Waals surface area contributed by atoms with E-state index in [1.807, 2.05) is 6.07 Å². The van der Waals surface area contributed by atoms with Gasteiger partial charge in [0.25, 0.3) is 11.6 Å². The van der Waals surface area contributed by atoms with E-state index in [-0.39, 0.29) is 18.2 Å². The van der Waals surface area contributed by atoms with E-state index in [9.17, 15) is 14.9 Å². The Morgan fingerprint density at radius 3 is 2.80 bits per heavy atom. The summed E-state index contributed by atoms with van der Waals surface area (Å²) >= 11 is 7.86. The van der Waals surface area contributed by atoms with Gasteiger partial charge >= 0.3 is 0 Å². The lowest BCUT2D eigenvalue weighted by Crippen LogP contribution is -2.20. The number of amides is 1. The lowest BCUT2D eigenvalue weighted by atomic mass is 10.3. The molecule has 10 heteroatoms. The van der Waals surface area contributed by atoms with Crippen LogP contribution in [0.15, 0.2) is 45.3 Å². The molecular weight excluding hydrogens is 478 g/mol. The quantitative estimate of drug-likeness (QED) is 0.415. The summed E-state index contributed by atoms with van der Waals surface area (Å²) in [7, 11) is 0. The number of fused-ring (bicyclic) bond motifs is 1. The Labute approximate surface area is 162 Å². The summed E-state index contributed by atoms with van der Waals surface area (Å²) in [6.45, 7) is -0.184. The lowest BCUT2D eigenvalue weighted by Gasteiger charge is -2.07. The topological polar surface area (TPSA) is 94.4 Å². The number of halogens is 2. The second kappa shape index (κ2) is 7.46. The van der Waals surface area contributed by atoms with Crippen LogP contribution in [0.4, 0.5) is 10.8 Å².